The molecule has 0 radical (unpaired) electrons. The minimum atomic E-state index is -1.18. The first kappa shape index (κ1) is 35.0. The molecule has 3 atom stereocenters. The SMILES string of the molecule is CCC(C)CC(N)CC.CCC(C)c1ccncc1NCc1ccc(F)c(-c2c(F)cc(OCC(C)(C)O)cc2F)n1. The molecule has 2 heterocycles. The summed E-state index contributed by atoms with van der Waals surface area (Å²) in [6.45, 7) is 13.9. The summed E-state index contributed by atoms with van der Waals surface area (Å²) in [5.74, 6) is -1.86. The van der Waals surface area contributed by atoms with Crippen LogP contribution in [-0.2, 0) is 6.54 Å². The maximum atomic E-state index is 14.7. The molecular weight excluding hydrogens is 541 g/mol. The van der Waals surface area contributed by atoms with Crippen molar-refractivity contribution in [2.24, 2.45) is 11.7 Å². The number of ether oxygens (including phenoxy) is 1. The number of hydrogen-bond donors (Lipinski definition) is 3. The number of nitrogens with zero attached hydrogens (tertiary/aromatic N) is 2. The van der Waals surface area contributed by atoms with Crippen molar-refractivity contribution in [3.8, 4) is 17.0 Å². The molecule has 0 amide bonds. The molecule has 0 aliphatic rings. The Morgan fingerprint density at radius 3 is 2.21 bits per heavy atom. The van der Waals surface area contributed by atoms with E-state index in [-0.39, 0.29) is 18.9 Å². The summed E-state index contributed by atoms with van der Waals surface area (Å²) in [5, 5.41) is 13.0. The van der Waals surface area contributed by atoms with Crippen LogP contribution in [0.2, 0.25) is 0 Å². The zero-order valence-electron chi connectivity index (χ0n) is 26.0. The second-order valence-corrected chi connectivity index (χ2v) is 11.5. The van der Waals surface area contributed by atoms with Gasteiger partial charge in [-0.05, 0) is 68.7 Å². The summed E-state index contributed by atoms with van der Waals surface area (Å²) in [6, 6.07) is 6.86. The van der Waals surface area contributed by atoms with Crippen molar-refractivity contribution < 1.29 is 23.0 Å². The predicted octanol–water partition coefficient (Wildman–Crippen LogP) is 8.00. The normalized spacial score (nSPS) is 13.5. The van der Waals surface area contributed by atoms with Gasteiger partial charge in [0.05, 0.1) is 35.3 Å². The van der Waals surface area contributed by atoms with E-state index in [1.807, 2.05) is 6.07 Å². The van der Waals surface area contributed by atoms with Crippen molar-refractivity contribution in [2.75, 3.05) is 11.9 Å². The Morgan fingerprint density at radius 2 is 1.64 bits per heavy atom. The summed E-state index contributed by atoms with van der Waals surface area (Å²) in [7, 11) is 0. The van der Waals surface area contributed by atoms with Gasteiger partial charge in [-0.1, -0.05) is 41.0 Å². The summed E-state index contributed by atoms with van der Waals surface area (Å²) >= 11 is 0. The Morgan fingerprint density at radius 1 is 0.976 bits per heavy atom. The molecule has 3 rings (SSSR count). The molecule has 232 valence electrons. The lowest BCUT2D eigenvalue weighted by atomic mass is 9.98. The average molecular weight is 589 g/mol. The Hall–Kier alpha value is -3.17. The van der Waals surface area contributed by atoms with E-state index in [0.717, 1.165) is 48.2 Å². The van der Waals surface area contributed by atoms with Crippen LogP contribution in [0, 0.1) is 23.4 Å². The molecule has 3 aromatic rings. The molecule has 0 aliphatic heterocycles. The van der Waals surface area contributed by atoms with Crippen LogP contribution in [0.1, 0.15) is 91.3 Å². The molecule has 0 bridgehead atoms. The van der Waals surface area contributed by atoms with Crippen LogP contribution in [0.25, 0.3) is 11.3 Å². The molecule has 4 N–H and O–H groups in total. The fraction of sp³-hybridized carbons (Fsp3) is 0.515. The number of aromatic nitrogens is 2. The smallest absolute Gasteiger partial charge is 0.149 e. The van der Waals surface area contributed by atoms with Gasteiger partial charge in [0.25, 0.3) is 0 Å². The molecule has 9 heteroatoms. The van der Waals surface area contributed by atoms with E-state index < -0.39 is 34.3 Å². The second kappa shape index (κ2) is 16.5. The van der Waals surface area contributed by atoms with Gasteiger partial charge in [0.2, 0.25) is 0 Å². The number of halogens is 3. The molecular formula is C33H47F3N4O2. The minimum absolute atomic E-state index is 0.108. The molecule has 3 unspecified atom stereocenters. The molecule has 42 heavy (non-hydrogen) atoms. The van der Waals surface area contributed by atoms with Crippen LogP contribution >= 0.6 is 0 Å². The Kier molecular flexibility index (Phi) is 13.7. The summed E-state index contributed by atoms with van der Waals surface area (Å²) in [4.78, 5) is 8.32. The average Bonchev–Trinajstić information content (AvgIpc) is 2.95. The lowest BCUT2D eigenvalue weighted by Crippen LogP contribution is -2.27. The van der Waals surface area contributed by atoms with Crippen molar-refractivity contribution in [3.63, 3.8) is 0 Å². The van der Waals surface area contributed by atoms with E-state index in [1.54, 1.807) is 12.4 Å². The number of pyridine rings is 2. The first-order valence-corrected chi connectivity index (χ1v) is 14.7. The third-order valence-corrected chi connectivity index (χ3v) is 7.13. The van der Waals surface area contributed by atoms with Crippen molar-refractivity contribution in [1.82, 2.24) is 9.97 Å². The van der Waals surface area contributed by atoms with Crippen molar-refractivity contribution in [1.29, 1.82) is 0 Å². The Labute approximate surface area is 248 Å². The number of nitrogens with one attached hydrogen (secondary N) is 1. The largest absolute Gasteiger partial charge is 0.490 e. The molecule has 0 saturated carbocycles. The highest BCUT2D eigenvalue weighted by Gasteiger charge is 2.21. The number of hydrogen-bond acceptors (Lipinski definition) is 6. The van der Waals surface area contributed by atoms with Gasteiger partial charge in [-0.3, -0.25) is 4.98 Å². The number of benzene rings is 1. The van der Waals surface area contributed by atoms with Crippen molar-refractivity contribution in [3.05, 3.63) is 71.4 Å². The monoisotopic (exact) mass is 588 g/mol. The van der Waals surface area contributed by atoms with Gasteiger partial charge < -0.3 is 20.9 Å². The van der Waals surface area contributed by atoms with Gasteiger partial charge in [-0.25, -0.2) is 18.2 Å². The second-order valence-electron chi connectivity index (χ2n) is 11.5. The van der Waals surface area contributed by atoms with Crippen molar-refractivity contribution in [2.45, 2.75) is 98.3 Å². The van der Waals surface area contributed by atoms with Crippen molar-refractivity contribution >= 4 is 5.69 Å². The first-order chi connectivity index (χ1) is 19.8. The van der Waals surface area contributed by atoms with Gasteiger partial charge >= 0.3 is 0 Å². The van der Waals surface area contributed by atoms with E-state index in [0.29, 0.717) is 17.7 Å². The number of nitrogens with two attached hydrogens (primary N) is 1. The van der Waals surface area contributed by atoms with E-state index in [4.69, 9.17) is 10.5 Å². The molecule has 0 aliphatic carbocycles. The first-order valence-electron chi connectivity index (χ1n) is 14.7. The third kappa shape index (κ3) is 10.9. The van der Waals surface area contributed by atoms with Crippen LogP contribution in [0.4, 0.5) is 18.9 Å². The zero-order valence-corrected chi connectivity index (χ0v) is 26.0. The fourth-order valence-corrected chi connectivity index (χ4v) is 4.11. The summed E-state index contributed by atoms with van der Waals surface area (Å²) in [6.07, 6.45) is 7.94. The van der Waals surface area contributed by atoms with Gasteiger partial charge in [-0.2, -0.15) is 0 Å². The standard InChI is InChI=1S/C25H28F3N3O2.C8H19N/c1-5-15(2)18-8-9-29-13-22(18)30-12-16-6-7-19(26)24(31-16)23-20(27)10-17(11-21(23)28)33-14-25(3,4)32;1-4-7(3)6-8(9)5-2/h6-11,13,15,30,32H,5,12,14H2,1-4H3;7-8H,4-6,9H2,1-3H3. The Balaban J connectivity index is 0.000000592. The minimum Gasteiger partial charge on any atom is -0.490 e. The quantitative estimate of drug-likeness (QED) is 0.187. The molecule has 6 nitrogen and oxygen atoms in total. The van der Waals surface area contributed by atoms with E-state index in [2.05, 4.69) is 49.9 Å². The molecule has 0 saturated heterocycles. The van der Waals surface area contributed by atoms with Crippen LogP contribution in [-0.4, -0.2) is 33.3 Å². The van der Waals surface area contributed by atoms with Gasteiger partial charge in [0.15, 0.2) is 0 Å². The zero-order chi connectivity index (χ0) is 31.4. The van der Waals surface area contributed by atoms with E-state index >= 15 is 0 Å². The number of rotatable bonds is 13. The van der Waals surface area contributed by atoms with Gasteiger partial charge in [0.1, 0.15) is 35.5 Å². The highest BCUT2D eigenvalue weighted by atomic mass is 19.1. The predicted molar refractivity (Wildman–Crippen MR) is 164 cm³/mol. The highest BCUT2D eigenvalue weighted by molar-refractivity contribution is 5.63. The van der Waals surface area contributed by atoms with Crippen LogP contribution in [0.15, 0.2) is 42.7 Å². The maximum Gasteiger partial charge on any atom is 0.149 e. The summed E-state index contributed by atoms with van der Waals surface area (Å²) < 4.78 is 49.2. The van der Waals surface area contributed by atoms with Crippen LogP contribution < -0.4 is 15.8 Å². The van der Waals surface area contributed by atoms with Gasteiger partial charge in [-0.15, -0.1) is 0 Å². The highest BCUT2D eigenvalue weighted by Crippen LogP contribution is 2.31. The lowest BCUT2D eigenvalue weighted by Gasteiger charge is -2.18. The number of anilines is 1. The number of aliphatic hydroxyl groups is 1. The van der Waals surface area contributed by atoms with E-state index in [1.165, 1.54) is 32.8 Å². The van der Waals surface area contributed by atoms with Crippen LogP contribution in [0.5, 0.6) is 5.75 Å². The molecule has 0 fully saturated rings. The van der Waals surface area contributed by atoms with Gasteiger partial charge in [0, 0.05) is 24.4 Å². The summed E-state index contributed by atoms with van der Waals surface area (Å²) in [5.41, 5.74) is 5.90. The van der Waals surface area contributed by atoms with Crippen LogP contribution in [0.3, 0.4) is 0 Å². The molecule has 1 aromatic carbocycles. The topological polar surface area (TPSA) is 93.3 Å². The molecule has 0 spiro atoms. The lowest BCUT2D eigenvalue weighted by molar-refractivity contribution is 0.0282. The third-order valence-electron chi connectivity index (χ3n) is 7.13. The van der Waals surface area contributed by atoms with E-state index in [9.17, 15) is 18.3 Å². The maximum absolute atomic E-state index is 14.7. The fourth-order valence-electron chi connectivity index (χ4n) is 4.11. The Bertz CT molecular complexity index is 1240. The molecule has 2 aromatic heterocycles.